The lowest BCUT2D eigenvalue weighted by Gasteiger charge is -2.39. The Bertz CT molecular complexity index is 701. The molecule has 0 unspecified atom stereocenters. The molecule has 2 saturated carbocycles. The zero-order valence-corrected chi connectivity index (χ0v) is 23.1. The van der Waals surface area contributed by atoms with E-state index >= 15 is 0 Å². The van der Waals surface area contributed by atoms with Crippen LogP contribution in [0, 0.1) is 0 Å². The van der Waals surface area contributed by atoms with Crippen molar-refractivity contribution < 1.29 is 14.6 Å². The second-order valence-electron chi connectivity index (χ2n) is 11.6. The van der Waals surface area contributed by atoms with E-state index in [0.29, 0.717) is 19.0 Å². The molecule has 35 heavy (non-hydrogen) atoms. The summed E-state index contributed by atoms with van der Waals surface area (Å²) in [5.74, 6) is 0.365. The maximum absolute atomic E-state index is 10.8. The Balaban J connectivity index is 1.64. The van der Waals surface area contributed by atoms with E-state index in [9.17, 15) is 5.11 Å². The fourth-order valence-electron chi connectivity index (χ4n) is 6.45. The molecule has 0 aliphatic heterocycles. The average molecular weight is 487 g/mol. The van der Waals surface area contributed by atoms with Gasteiger partial charge in [0.1, 0.15) is 5.75 Å². The lowest BCUT2D eigenvalue weighted by molar-refractivity contribution is -0.0941. The number of ether oxygens (including phenoxy) is 2. The van der Waals surface area contributed by atoms with E-state index in [4.69, 9.17) is 9.47 Å². The first kappa shape index (κ1) is 28.5. The Morgan fingerprint density at radius 3 is 1.69 bits per heavy atom. The van der Waals surface area contributed by atoms with Crippen LogP contribution < -0.4 is 0 Å². The molecule has 3 heteroatoms. The van der Waals surface area contributed by atoms with Crippen molar-refractivity contribution in [2.75, 3.05) is 0 Å². The summed E-state index contributed by atoms with van der Waals surface area (Å²) in [6, 6.07) is 5.92. The van der Waals surface area contributed by atoms with Crippen LogP contribution >= 0.6 is 0 Å². The van der Waals surface area contributed by atoms with E-state index < -0.39 is 0 Å². The predicted octanol–water partition coefficient (Wildman–Crippen LogP) is 9.77. The number of benzene rings is 1. The largest absolute Gasteiger partial charge is 0.508 e. The Hall–Kier alpha value is -1.06. The van der Waals surface area contributed by atoms with Crippen molar-refractivity contribution >= 4 is 0 Å². The fraction of sp³-hybridized carbons (Fsp3) is 0.812. The Kier molecular flexibility index (Phi) is 12.4. The molecule has 0 heterocycles. The van der Waals surface area contributed by atoms with Crippen molar-refractivity contribution in [3.05, 3.63) is 29.3 Å². The van der Waals surface area contributed by atoms with Crippen LogP contribution in [-0.2, 0) is 22.7 Å². The first-order valence-corrected chi connectivity index (χ1v) is 15.2. The van der Waals surface area contributed by atoms with Crippen LogP contribution in [0.5, 0.6) is 5.75 Å². The lowest BCUT2D eigenvalue weighted by Crippen LogP contribution is -2.36. The molecule has 0 radical (unpaired) electrons. The van der Waals surface area contributed by atoms with Gasteiger partial charge in [0.25, 0.3) is 0 Å². The summed E-state index contributed by atoms with van der Waals surface area (Å²) >= 11 is 0. The molecule has 200 valence electrons. The number of aromatic hydroxyl groups is 1. The van der Waals surface area contributed by atoms with Crippen LogP contribution in [0.25, 0.3) is 0 Å². The van der Waals surface area contributed by atoms with Gasteiger partial charge in [-0.15, -0.1) is 0 Å². The van der Waals surface area contributed by atoms with E-state index in [-0.39, 0.29) is 11.2 Å². The highest BCUT2D eigenvalue weighted by Crippen LogP contribution is 2.40. The zero-order chi connectivity index (χ0) is 24.8. The predicted molar refractivity (Wildman–Crippen MR) is 147 cm³/mol. The quantitative estimate of drug-likeness (QED) is 0.236. The van der Waals surface area contributed by atoms with Crippen molar-refractivity contribution in [3.63, 3.8) is 0 Å². The molecular weight excluding hydrogens is 432 g/mol. The highest BCUT2D eigenvalue weighted by atomic mass is 16.5. The van der Waals surface area contributed by atoms with Gasteiger partial charge in [-0.2, -0.15) is 0 Å². The molecule has 1 N–H and O–H groups in total. The number of rotatable bonds is 16. The first-order chi connectivity index (χ1) is 17.1. The normalized spacial score (nSPS) is 19.6. The molecule has 2 aliphatic carbocycles. The third kappa shape index (κ3) is 9.08. The Morgan fingerprint density at radius 1 is 0.657 bits per heavy atom. The average Bonchev–Trinajstić information content (AvgIpc) is 2.89. The third-order valence-electron chi connectivity index (χ3n) is 8.81. The van der Waals surface area contributed by atoms with Gasteiger partial charge in [-0.25, -0.2) is 0 Å². The molecule has 0 aromatic heterocycles. The fourth-order valence-corrected chi connectivity index (χ4v) is 6.45. The van der Waals surface area contributed by atoms with Crippen LogP contribution in [0.1, 0.15) is 153 Å². The van der Waals surface area contributed by atoms with Gasteiger partial charge in [0.05, 0.1) is 24.4 Å². The van der Waals surface area contributed by atoms with E-state index in [1.807, 2.05) is 12.1 Å². The van der Waals surface area contributed by atoms with Crippen LogP contribution in [0.15, 0.2) is 18.2 Å². The summed E-state index contributed by atoms with van der Waals surface area (Å²) in [5, 5.41) is 10.8. The summed E-state index contributed by atoms with van der Waals surface area (Å²) in [5.41, 5.74) is 2.08. The minimum Gasteiger partial charge on any atom is -0.508 e. The van der Waals surface area contributed by atoms with Gasteiger partial charge in [0.2, 0.25) is 0 Å². The van der Waals surface area contributed by atoms with E-state index in [1.165, 1.54) is 122 Å². The number of phenols is 1. The minimum atomic E-state index is -0.00370. The molecule has 0 spiro atoms. The summed E-state index contributed by atoms with van der Waals surface area (Å²) in [4.78, 5) is 0. The molecule has 3 rings (SSSR count). The molecule has 1 aromatic carbocycles. The van der Waals surface area contributed by atoms with Gasteiger partial charge in [-0.3, -0.25) is 0 Å². The molecule has 0 atom stereocenters. The summed E-state index contributed by atoms with van der Waals surface area (Å²) in [6.07, 6.45) is 25.1. The van der Waals surface area contributed by atoms with E-state index in [0.717, 1.165) is 17.5 Å². The van der Waals surface area contributed by atoms with Crippen molar-refractivity contribution in [1.82, 2.24) is 0 Å². The summed E-state index contributed by atoms with van der Waals surface area (Å²) in [6.45, 7) is 5.64. The van der Waals surface area contributed by atoms with Crippen molar-refractivity contribution in [2.45, 2.75) is 167 Å². The number of hydrogen-bond donors (Lipinski definition) is 1. The van der Waals surface area contributed by atoms with Gasteiger partial charge >= 0.3 is 0 Å². The van der Waals surface area contributed by atoms with Crippen LogP contribution in [0.4, 0.5) is 0 Å². The van der Waals surface area contributed by atoms with Crippen molar-refractivity contribution in [3.8, 4) is 5.75 Å². The van der Waals surface area contributed by atoms with E-state index in [2.05, 4.69) is 19.9 Å². The Labute approximate surface area is 216 Å². The molecule has 1 aromatic rings. The van der Waals surface area contributed by atoms with Gasteiger partial charge < -0.3 is 14.6 Å². The SMILES string of the molecule is CCCCCCC1(OCc2cccc(O)c2COC2(CCCCCC)CCCCC2)CCCCC1. The molecular formula is C32H54O3. The lowest BCUT2D eigenvalue weighted by atomic mass is 9.80. The maximum atomic E-state index is 10.8. The summed E-state index contributed by atoms with van der Waals surface area (Å²) < 4.78 is 13.5. The molecule has 2 aliphatic rings. The van der Waals surface area contributed by atoms with Crippen molar-refractivity contribution in [1.29, 1.82) is 0 Å². The first-order valence-electron chi connectivity index (χ1n) is 15.2. The number of unbranched alkanes of at least 4 members (excludes halogenated alkanes) is 6. The van der Waals surface area contributed by atoms with Crippen LogP contribution in [0.3, 0.4) is 0 Å². The van der Waals surface area contributed by atoms with Gasteiger partial charge in [-0.1, -0.05) is 116 Å². The molecule has 0 bridgehead atoms. The second-order valence-corrected chi connectivity index (χ2v) is 11.6. The maximum Gasteiger partial charge on any atom is 0.121 e. The second kappa shape index (κ2) is 15.3. The molecule has 3 nitrogen and oxygen atoms in total. The topological polar surface area (TPSA) is 38.7 Å². The Morgan fingerprint density at radius 2 is 1.17 bits per heavy atom. The zero-order valence-electron chi connectivity index (χ0n) is 23.1. The standard InChI is InChI=1S/C32H54O3/c1-3-5-7-11-20-31(22-13-9-14-23-31)34-26-28-18-17-19-30(33)29(28)27-35-32(21-12-8-6-4-2)24-15-10-16-25-32/h17-19,33H,3-16,20-27H2,1-2H3. The van der Waals surface area contributed by atoms with E-state index in [1.54, 1.807) is 0 Å². The molecule has 0 saturated heterocycles. The minimum absolute atomic E-state index is 0.00370. The van der Waals surface area contributed by atoms with Gasteiger partial charge in [0.15, 0.2) is 0 Å². The van der Waals surface area contributed by atoms with Gasteiger partial charge in [0, 0.05) is 5.56 Å². The van der Waals surface area contributed by atoms with Crippen LogP contribution in [-0.4, -0.2) is 16.3 Å². The molecule has 0 amide bonds. The highest BCUT2D eigenvalue weighted by molar-refractivity contribution is 5.38. The number of hydrogen-bond acceptors (Lipinski definition) is 3. The summed E-state index contributed by atoms with van der Waals surface area (Å²) in [7, 11) is 0. The van der Waals surface area contributed by atoms with Crippen molar-refractivity contribution in [2.24, 2.45) is 0 Å². The number of phenolic OH excluding ortho intramolecular Hbond substituents is 1. The monoisotopic (exact) mass is 486 g/mol. The van der Waals surface area contributed by atoms with Crippen LogP contribution in [0.2, 0.25) is 0 Å². The van der Waals surface area contributed by atoms with Gasteiger partial charge in [-0.05, 0) is 50.2 Å². The molecule has 2 fully saturated rings. The smallest absolute Gasteiger partial charge is 0.121 e. The highest BCUT2D eigenvalue weighted by Gasteiger charge is 2.34. The third-order valence-corrected chi connectivity index (χ3v) is 8.81.